The third-order valence-corrected chi connectivity index (χ3v) is 9.90. The molecule has 0 spiro atoms. The van der Waals surface area contributed by atoms with E-state index in [1.807, 2.05) is 25.1 Å². The van der Waals surface area contributed by atoms with E-state index in [0.717, 1.165) is 52.5 Å². The van der Waals surface area contributed by atoms with Crippen molar-refractivity contribution in [2.45, 2.75) is 81.9 Å². The molecule has 5 rings (SSSR count). The first-order valence-electron chi connectivity index (χ1n) is 12.8. The largest absolute Gasteiger partial charge is 0.369 e. The molecule has 0 saturated carbocycles. The van der Waals surface area contributed by atoms with E-state index in [1.165, 1.54) is 27.8 Å². The number of fused-ring (bicyclic) bond motifs is 5. The van der Waals surface area contributed by atoms with Crippen LogP contribution in [0.25, 0.3) is 15.9 Å². The van der Waals surface area contributed by atoms with Crippen molar-refractivity contribution in [3.8, 4) is 0 Å². The Morgan fingerprint density at radius 1 is 1.22 bits per heavy atom. The molecule has 1 amide bonds. The highest BCUT2D eigenvalue weighted by molar-refractivity contribution is 8.00. The number of nitrogens with zero attached hydrogens (tertiary/aromatic N) is 4. The second kappa shape index (κ2) is 11.3. The number of carbonyl (C=O) groups excluding carboxylic acids is 1. The van der Waals surface area contributed by atoms with Crippen LogP contribution in [-0.2, 0) is 29.0 Å². The zero-order valence-corrected chi connectivity index (χ0v) is 24.2. The average Bonchev–Trinajstić information content (AvgIpc) is 3.47. The van der Waals surface area contributed by atoms with Crippen LogP contribution in [0.5, 0.6) is 0 Å². The summed E-state index contributed by atoms with van der Waals surface area (Å²) in [4.78, 5) is 20.1. The van der Waals surface area contributed by atoms with Crippen LogP contribution in [0.2, 0.25) is 0 Å². The summed E-state index contributed by atoms with van der Waals surface area (Å²) >= 11 is 4.84. The quantitative estimate of drug-likeness (QED) is 0.192. The molecule has 10 heteroatoms. The van der Waals surface area contributed by atoms with Crippen LogP contribution in [0.3, 0.4) is 0 Å². The molecule has 4 heterocycles. The minimum absolute atomic E-state index is 0.00856. The first-order chi connectivity index (χ1) is 17.9. The van der Waals surface area contributed by atoms with Crippen LogP contribution in [0.1, 0.15) is 56.5 Å². The number of rotatable bonds is 10. The van der Waals surface area contributed by atoms with Crippen LogP contribution in [0, 0.1) is 0 Å². The number of benzene rings is 1. The SMILES string of the molecule is CCCSc1nc2sc3c(c2c2nnc(SCC(=O)N[C@H](C)Cc4ccccc4)n12)C[C@](C)(CC)OC3. The summed E-state index contributed by atoms with van der Waals surface area (Å²) in [6.45, 7) is 9.16. The molecule has 0 radical (unpaired) electrons. The lowest BCUT2D eigenvalue weighted by molar-refractivity contribution is -0.119. The normalized spacial score (nSPS) is 18.3. The van der Waals surface area contributed by atoms with Gasteiger partial charge in [-0.15, -0.1) is 21.5 Å². The number of hydrogen-bond donors (Lipinski definition) is 1. The highest BCUT2D eigenvalue weighted by Gasteiger charge is 2.33. The fourth-order valence-electron chi connectivity index (χ4n) is 4.59. The molecule has 0 aliphatic carbocycles. The molecule has 1 aliphatic rings. The monoisotopic (exact) mass is 555 g/mol. The molecule has 196 valence electrons. The van der Waals surface area contributed by atoms with E-state index in [9.17, 15) is 4.79 Å². The van der Waals surface area contributed by atoms with Crippen molar-refractivity contribution in [3.63, 3.8) is 0 Å². The summed E-state index contributed by atoms with van der Waals surface area (Å²) in [6.07, 6.45) is 3.63. The summed E-state index contributed by atoms with van der Waals surface area (Å²) in [7, 11) is 0. The zero-order chi connectivity index (χ0) is 26.0. The molecule has 37 heavy (non-hydrogen) atoms. The van der Waals surface area contributed by atoms with Gasteiger partial charge >= 0.3 is 0 Å². The number of aromatic nitrogens is 4. The molecule has 0 unspecified atom stereocenters. The lowest BCUT2D eigenvalue weighted by atomic mass is 9.90. The van der Waals surface area contributed by atoms with Crippen LogP contribution in [-0.4, -0.2) is 48.6 Å². The molecule has 1 N–H and O–H groups in total. The van der Waals surface area contributed by atoms with E-state index < -0.39 is 0 Å². The van der Waals surface area contributed by atoms with Gasteiger partial charge in [-0.1, -0.05) is 67.7 Å². The van der Waals surface area contributed by atoms with E-state index in [4.69, 9.17) is 9.72 Å². The van der Waals surface area contributed by atoms with E-state index in [1.54, 1.807) is 23.1 Å². The van der Waals surface area contributed by atoms with E-state index in [-0.39, 0.29) is 23.3 Å². The van der Waals surface area contributed by atoms with Gasteiger partial charge in [0.2, 0.25) is 5.91 Å². The number of amides is 1. The minimum Gasteiger partial charge on any atom is -0.369 e. The second-order valence-corrected chi connectivity index (χ2v) is 12.9. The smallest absolute Gasteiger partial charge is 0.230 e. The van der Waals surface area contributed by atoms with Crippen molar-refractivity contribution < 1.29 is 9.53 Å². The number of carbonyl (C=O) groups is 1. The molecule has 4 aromatic rings. The Morgan fingerprint density at radius 3 is 2.78 bits per heavy atom. The third kappa shape index (κ3) is 5.67. The molecule has 0 saturated heterocycles. The van der Waals surface area contributed by atoms with Crippen LogP contribution >= 0.6 is 34.9 Å². The summed E-state index contributed by atoms with van der Waals surface area (Å²) in [5.74, 6) is 1.22. The van der Waals surface area contributed by atoms with Crippen molar-refractivity contribution >= 4 is 56.6 Å². The molecule has 1 aliphatic heterocycles. The highest BCUT2D eigenvalue weighted by atomic mass is 32.2. The van der Waals surface area contributed by atoms with Gasteiger partial charge in [0, 0.05) is 23.1 Å². The molecule has 0 fully saturated rings. The summed E-state index contributed by atoms with van der Waals surface area (Å²) < 4.78 is 8.26. The maximum Gasteiger partial charge on any atom is 0.230 e. The Bertz CT molecular complexity index is 1400. The average molecular weight is 556 g/mol. The first kappa shape index (κ1) is 26.5. The number of nitrogens with one attached hydrogen (secondary N) is 1. The first-order valence-corrected chi connectivity index (χ1v) is 15.6. The van der Waals surface area contributed by atoms with Gasteiger partial charge < -0.3 is 10.1 Å². The zero-order valence-electron chi connectivity index (χ0n) is 21.7. The standard InChI is InChI=1S/C27H33N5O2S3/c1-5-12-35-25-29-24-22(19-14-27(4,6-2)34-15-20(19)37-24)23-30-31-26(32(23)25)36-16-21(33)28-17(3)13-18-10-8-7-9-11-18/h7-11,17H,5-6,12-16H2,1-4H3,(H,28,33)/t17-,27+/m1/s1. The molecule has 3 aromatic heterocycles. The Labute approximate surface area is 230 Å². The maximum absolute atomic E-state index is 12.8. The van der Waals surface area contributed by atoms with Crippen LogP contribution in [0.4, 0.5) is 0 Å². The van der Waals surface area contributed by atoms with Gasteiger partial charge in [0.05, 0.1) is 23.3 Å². The Kier molecular flexibility index (Phi) is 8.09. The van der Waals surface area contributed by atoms with Gasteiger partial charge in [0.15, 0.2) is 16.0 Å². The van der Waals surface area contributed by atoms with Gasteiger partial charge in [0.25, 0.3) is 0 Å². The second-order valence-electron chi connectivity index (χ2n) is 9.78. The molecular formula is C27H33N5O2S3. The van der Waals surface area contributed by atoms with Crippen molar-refractivity contribution in [2.75, 3.05) is 11.5 Å². The van der Waals surface area contributed by atoms with Gasteiger partial charge in [-0.25, -0.2) is 9.38 Å². The molecule has 7 nitrogen and oxygen atoms in total. The summed E-state index contributed by atoms with van der Waals surface area (Å²) in [5.41, 5.74) is 3.15. The number of thioether (sulfide) groups is 2. The Morgan fingerprint density at radius 2 is 2.03 bits per heavy atom. The van der Waals surface area contributed by atoms with Crippen molar-refractivity contribution in [1.82, 2.24) is 24.9 Å². The van der Waals surface area contributed by atoms with E-state index in [2.05, 4.69) is 52.8 Å². The summed E-state index contributed by atoms with van der Waals surface area (Å²) in [5, 5.41) is 15.0. The molecular weight excluding hydrogens is 523 g/mol. The lowest BCUT2D eigenvalue weighted by Gasteiger charge is -2.33. The molecule has 2 atom stereocenters. The van der Waals surface area contributed by atoms with Gasteiger partial charge in [0.1, 0.15) is 4.83 Å². The fraction of sp³-hybridized carbons (Fsp3) is 0.481. The van der Waals surface area contributed by atoms with Crippen LogP contribution < -0.4 is 5.32 Å². The van der Waals surface area contributed by atoms with Crippen molar-refractivity contribution in [3.05, 3.63) is 46.3 Å². The minimum atomic E-state index is -0.181. The lowest BCUT2D eigenvalue weighted by Crippen LogP contribution is -2.35. The predicted octanol–water partition coefficient (Wildman–Crippen LogP) is 5.92. The maximum atomic E-state index is 12.8. The highest BCUT2D eigenvalue weighted by Crippen LogP contribution is 2.42. The van der Waals surface area contributed by atoms with E-state index in [0.29, 0.717) is 11.8 Å². The predicted molar refractivity (Wildman–Crippen MR) is 153 cm³/mol. The Hall–Kier alpha value is -2.14. The number of ether oxygens (including phenoxy) is 1. The fourth-order valence-corrected chi connectivity index (χ4v) is 7.39. The van der Waals surface area contributed by atoms with Crippen molar-refractivity contribution in [1.29, 1.82) is 0 Å². The van der Waals surface area contributed by atoms with Crippen LogP contribution in [0.15, 0.2) is 40.6 Å². The number of hydrogen-bond acceptors (Lipinski definition) is 8. The van der Waals surface area contributed by atoms with Crippen molar-refractivity contribution in [2.24, 2.45) is 0 Å². The topological polar surface area (TPSA) is 81.4 Å². The molecule has 0 bridgehead atoms. The van der Waals surface area contributed by atoms with Gasteiger partial charge in [-0.2, -0.15) is 0 Å². The molecule has 1 aromatic carbocycles. The van der Waals surface area contributed by atoms with Gasteiger partial charge in [-0.3, -0.25) is 4.79 Å². The number of thiophene rings is 1. The summed E-state index contributed by atoms with van der Waals surface area (Å²) in [6, 6.07) is 10.3. The van der Waals surface area contributed by atoms with Gasteiger partial charge in [-0.05, 0) is 44.2 Å². The third-order valence-electron chi connectivity index (χ3n) is 6.73. The Balaban J connectivity index is 1.40. The van der Waals surface area contributed by atoms with E-state index >= 15 is 0 Å².